The van der Waals surface area contributed by atoms with Gasteiger partial charge in [-0.1, -0.05) is 12.8 Å². The van der Waals surface area contributed by atoms with Gasteiger partial charge in [0.2, 0.25) is 0 Å². The van der Waals surface area contributed by atoms with Crippen LogP contribution in [0.15, 0.2) is 0 Å². The van der Waals surface area contributed by atoms with Crippen LogP contribution in [0, 0.1) is 5.92 Å². The molecule has 0 bridgehead atoms. The third-order valence-electron chi connectivity index (χ3n) is 2.98. The van der Waals surface area contributed by atoms with Gasteiger partial charge in [0.05, 0.1) is 6.10 Å². The minimum atomic E-state index is -1.22. The highest BCUT2D eigenvalue weighted by Crippen LogP contribution is 2.15. The monoisotopic (exact) mass is 260 g/mol. The summed E-state index contributed by atoms with van der Waals surface area (Å²) in [5, 5.41) is 30.1. The number of carbonyl (C=O) groups excluding carboxylic acids is 2. The Morgan fingerprint density at radius 3 is 2.28 bits per heavy atom. The lowest BCUT2D eigenvalue weighted by atomic mass is 9.82. The van der Waals surface area contributed by atoms with E-state index in [1.54, 1.807) is 0 Å². The second kappa shape index (κ2) is 10.2. The molecule has 1 saturated heterocycles. The Morgan fingerprint density at radius 2 is 1.89 bits per heavy atom. The first-order valence-corrected chi connectivity index (χ1v) is 6.02. The van der Waals surface area contributed by atoms with Crippen LogP contribution in [0.5, 0.6) is 0 Å². The molecule has 8 heteroatoms. The highest BCUT2D eigenvalue weighted by atomic mass is 16.4. The van der Waals surface area contributed by atoms with E-state index in [1.807, 2.05) is 0 Å². The lowest BCUT2D eigenvalue weighted by molar-refractivity contribution is -0.191. The van der Waals surface area contributed by atoms with Gasteiger partial charge in [0, 0.05) is 25.0 Å². The van der Waals surface area contributed by atoms with E-state index in [1.165, 1.54) is 0 Å². The van der Waals surface area contributed by atoms with Crippen LogP contribution in [-0.2, 0) is 9.59 Å². The molecule has 1 aliphatic heterocycles. The quantitative estimate of drug-likeness (QED) is 0.263. The lowest BCUT2D eigenvalue weighted by Crippen LogP contribution is -2.54. The van der Waals surface area contributed by atoms with E-state index in [4.69, 9.17) is 25.4 Å². The molecule has 7 nitrogen and oxygen atoms in total. The van der Waals surface area contributed by atoms with Crippen molar-refractivity contribution in [2.75, 3.05) is 13.1 Å². The fourth-order valence-corrected chi connectivity index (χ4v) is 1.78. The molecular weight excluding hydrogens is 239 g/mol. The Bertz CT molecular complexity index is 244. The molecule has 0 amide bonds. The Kier molecular flexibility index (Phi) is 9.77. The summed E-state index contributed by atoms with van der Waals surface area (Å²) >= 11 is 0. The van der Waals surface area contributed by atoms with Gasteiger partial charge in [0.15, 0.2) is 0 Å². The zero-order chi connectivity index (χ0) is 14.0. The predicted octanol–water partition coefficient (Wildman–Crippen LogP) is -2.05. The highest BCUT2D eigenvalue weighted by Gasteiger charge is 2.29. The number of rotatable bonds is 7. The third-order valence-corrected chi connectivity index (χ3v) is 2.98. The minimum Gasteiger partial charge on any atom is -0.427 e. The maximum Gasteiger partial charge on any atom is 0.451 e. The molecular formula is C10H21BN2O5. The molecule has 0 spiro atoms. The first-order chi connectivity index (χ1) is 8.52. The van der Waals surface area contributed by atoms with Crippen LogP contribution in [0.1, 0.15) is 19.3 Å². The SMILES string of the molecule is NC(CCCCB(O)O)C(O)C1CNC1.O=C=O. The molecule has 104 valence electrons. The van der Waals surface area contributed by atoms with Gasteiger partial charge < -0.3 is 26.2 Å². The van der Waals surface area contributed by atoms with E-state index in [0.29, 0.717) is 12.2 Å². The van der Waals surface area contributed by atoms with Crippen LogP contribution < -0.4 is 11.1 Å². The maximum atomic E-state index is 9.78. The Balaban J connectivity index is 0.000000873. The standard InChI is InChI=1S/C9H21BN2O3.CO2/c11-8(3-1-2-4-10(14)15)9(13)7-5-12-6-7;2-1-3/h7-9,12-15H,1-6,11H2;. The van der Waals surface area contributed by atoms with Crippen LogP contribution in [0.3, 0.4) is 0 Å². The summed E-state index contributed by atoms with van der Waals surface area (Å²) in [7, 11) is -1.22. The molecule has 0 aromatic rings. The highest BCUT2D eigenvalue weighted by molar-refractivity contribution is 6.40. The van der Waals surface area contributed by atoms with Crippen molar-refractivity contribution in [3.05, 3.63) is 0 Å². The lowest BCUT2D eigenvalue weighted by Gasteiger charge is -2.34. The smallest absolute Gasteiger partial charge is 0.427 e. The van der Waals surface area contributed by atoms with Crippen molar-refractivity contribution in [2.45, 2.75) is 37.7 Å². The van der Waals surface area contributed by atoms with E-state index >= 15 is 0 Å². The van der Waals surface area contributed by atoms with E-state index in [2.05, 4.69) is 5.32 Å². The van der Waals surface area contributed by atoms with Crippen molar-refractivity contribution in [3.8, 4) is 0 Å². The molecule has 6 N–H and O–H groups in total. The van der Waals surface area contributed by atoms with Gasteiger partial charge in [-0.3, -0.25) is 0 Å². The number of aliphatic hydroxyl groups excluding tert-OH is 1. The normalized spacial score (nSPS) is 17.8. The van der Waals surface area contributed by atoms with Crippen LogP contribution >= 0.6 is 0 Å². The van der Waals surface area contributed by atoms with E-state index < -0.39 is 13.2 Å². The van der Waals surface area contributed by atoms with E-state index in [9.17, 15) is 5.11 Å². The van der Waals surface area contributed by atoms with Crippen LogP contribution in [0.25, 0.3) is 0 Å². The average molecular weight is 260 g/mol. The minimum absolute atomic E-state index is 0.187. The van der Waals surface area contributed by atoms with Gasteiger partial charge in [-0.15, -0.1) is 0 Å². The van der Waals surface area contributed by atoms with E-state index in [0.717, 1.165) is 32.4 Å². The summed E-state index contributed by atoms with van der Waals surface area (Å²) < 4.78 is 0. The van der Waals surface area contributed by atoms with Crippen molar-refractivity contribution in [3.63, 3.8) is 0 Å². The van der Waals surface area contributed by atoms with Crippen molar-refractivity contribution in [1.82, 2.24) is 5.32 Å². The van der Waals surface area contributed by atoms with Gasteiger partial charge in [0.25, 0.3) is 0 Å². The second-order valence-corrected chi connectivity index (χ2v) is 4.42. The van der Waals surface area contributed by atoms with Crippen molar-refractivity contribution in [2.24, 2.45) is 11.7 Å². The molecule has 1 heterocycles. The molecule has 2 atom stereocenters. The number of hydrogen-bond donors (Lipinski definition) is 5. The van der Waals surface area contributed by atoms with Crippen molar-refractivity contribution >= 4 is 13.3 Å². The number of unbranched alkanes of at least 4 members (excludes halogenated alkanes) is 1. The first-order valence-electron chi connectivity index (χ1n) is 6.02. The molecule has 1 aliphatic rings. The molecule has 0 aliphatic carbocycles. The predicted molar refractivity (Wildman–Crippen MR) is 64.2 cm³/mol. The molecule has 1 rings (SSSR count). The number of nitrogens with two attached hydrogens (primary N) is 1. The largest absolute Gasteiger partial charge is 0.451 e. The summed E-state index contributed by atoms with van der Waals surface area (Å²) in [6.45, 7) is 1.70. The van der Waals surface area contributed by atoms with Gasteiger partial charge in [-0.2, -0.15) is 9.59 Å². The topological polar surface area (TPSA) is 133 Å². The fourth-order valence-electron chi connectivity index (χ4n) is 1.78. The summed E-state index contributed by atoms with van der Waals surface area (Å²) in [5.41, 5.74) is 5.84. The molecule has 2 unspecified atom stereocenters. The van der Waals surface area contributed by atoms with E-state index in [-0.39, 0.29) is 12.2 Å². The molecule has 0 aromatic heterocycles. The molecule has 1 fully saturated rings. The van der Waals surface area contributed by atoms with Crippen molar-refractivity contribution in [1.29, 1.82) is 0 Å². The van der Waals surface area contributed by atoms with Gasteiger partial charge in [-0.05, 0) is 12.7 Å². The molecule has 0 radical (unpaired) electrons. The molecule has 0 saturated carbocycles. The van der Waals surface area contributed by atoms with Crippen LogP contribution in [0.4, 0.5) is 0 Å². The fraction of sp³-hybridized carbons (Fsp3) is 0.900. The average Bonchev–Trinajstić information content (AvgIpc) is 2.22. The number of hydrogen-bond acceptors (Lipinski definition) is 7. The summed E-state index contributed by atoms with van der Waals surface area (Å²) in [5.74, 6) is 0.295. The zero-order valence-electron chi connectivity index (χ0n) is 10.3. The second-order valence-electron chi connectivity index (χ2n) is 4.42. The Hall–Kier alpha value is -0.755. The summed E-state index contributed by atoms with van der Waals surface area (Å²) in [4.78, 5) is 16.2. The summed E-state index contributed by atoms with van der Waals surface area (Å²) in [6.07, 6.45) is 2.51. The van der Waals surface area contributed by atoms with Crippen molar-refractivity contribution < 1.29 is 24.7 Å². The van der Waals surface area contributed by atoms with Gasteiger partial charge in [0.1, 0.15) is 0 Å². The number of nitrogens with one attached hydrogen (secondary N) is 1. The van der Waals surface area contributed by atoms with Gasteiger partial charge >= 0.3 is 13.3 Å². The van der Waals surface area contributed by atoms with Gasteiger partial charge in [-0.25, -0.2) is 0 Å². The Morgan fingerprint density at radius 1 is 1.33 bits per heavy atom. The Labute approximate surface area is 107 Å². The third kappa shape index (κ3) is 7.55. The first kappa shape index (κ1) is 17.2. The molecule has 18 heavy (non-hydrogen) atoms. The van der Waals surface area contributed by atoms with Crippen LogP contribution in [-0.4, -0.2) is 53.7 Å². The molecule has 0 aromatic carbocycles. The number of aliphatic hydroxyl groups is 1. The zero-order valence-corrected chi connectivity index (χ0v) is 10.3. The van der Waals surface area contributed by atoms with Crippen LogP contribution in [0.2, 0.25) is 6.32 Å². The maximum absolute atomic E-state index is 9.78. The summed E-state index contributed by atoms with van der Waals surface area (Å²) in [6, 6.07) is -0.187.